The lowest BCUT2D eigenvalue weighted by Gasteiger charge is -1.97. The predicted molar refractivity (Wildman–Crippen MR) is 35.3 cm³/mol. The molecule has 0 aromatic carbocycles. The number of Topliss-reactive ketones (excluding diaryl/α,β-unsaturated/α-hetero) is 1. The largest absolute Gasteiger partial charge is 0.395 e. The number of carbonyl (C=O) groups is 1. The van der Waals surface area contributed by atoms with Gasteiger partial charge in [0.15, 0.2) is 0 Å². The van der Waals surface area contributed by atoms with Gasteiger partial charge in [-0.1, -0.05) is 6.92 Å². The van der Waals surface area contributed by atoms with Gasteiger partial charge in [-0.25, -0.2) is 0 Å². The number of hydrogen-bond acceptors (Lipinski definition) is 3. The molecule has 0 saturated heterocycles. The van der Waals surface area contributed by atoms with E-state index >= 15 is 0 Å². The Morgan fingerprint density at radius 1 is 1.67 bits per heavy atom. The van der Waals surface area contributed by atoms with Crippen LogP contribution < -0.4 is 5.32 Å². The Hall–Kier alpha value is -0.410. The second-order valence-electron chi connectivity index (χ2n) is 1.79. The van der Waals surface area contributed by atoms with E-state index in [1.165, 1.54) is 0 Å². The van der Waals surface area contributed by atoms with Crippen molar-refractivity contribution in [2.45, 2.75) is 13.3 Å². The molecule has 0 unspecified atom stereocenters. The summed E-state index contributed by atoms with van der Waals surface area (Å²) in [7, 11) is 0. The van der Waals surface area contributed by atoms with Crippen molar-refractivity contribution in [3.05, 3.63) is 0 Å². The average Bonchev–Trinajstić information content (AvgIpc) is 1.89. The fourth-order valence-corrected chi connectivity index (χ4v) is 0.432. The molecule has 54 valence electrons. The van der Waals surface area contributed by atoms with Crippen LogP contribution in [0.2, 0.25) is 0 Å². The Labute approximate surface area is 55.1 Å². The molecule has 0 heterocycles. The minimum atomic E-state index is 0.0942. The maximum Gasteiger partial charge on any atom is 0.146 e. The zero-order chi connectivity index (χ0) is 7.11. The predicted octanol–water partition coefficient (Wildman–Crippen LogP) is -0.453. The highest BCUT2D eigenvalue weighted by molar-refractivity contribution is 5.79. The average molecular weight is 131 g/mol. The normalized spacial score (nSPS) is 9.56. The number of rotatable bonds is 5. The van der Waals surface area contributed by atoms with Gasteiger partial charge in [0, 0.05) is 13.0 Å². The summed E-state index contributed by atoms with van der Waals surface area (Å²) in [5.41, 5.74) is 0. The van der Waals surface area contributed by atoms with Crippen molar-refractivity contribution in [3.63, 3.8) is 0 Å². The molecule has 0 amide bonds. The molecule has 0 saturated carbocycles. The summed E-state index contributed by atoms with van der Waals surface area (Å²) in [4.78, 5) is 10.5. The smallest absolute Gasteiger partial charge is 0.146 e. The standard InChI is InChI=1S/C6H13NO2/c1-2-6(9)5-7-3-4-8/h7-8H,2-5H2,1H3. The van der Waals surface area contributed by atoms with E-state index in [0.29, 0.717) is 19.5 Å². The summed E-state index contributed by atoms with van der Waals surface area (Å²) in [5.74, 6) is 0.184. The topological polar surface area (TPSA) is 49.3 Å². The number of carbonyl (C=O) groups excluding carboxylic acids is 1. The van der Waals surface area contributed by atoms with Crippen LogP contribution in [-0.4, -0.2) is 30.6 Å². The van der Waals surface area contributed by atoms with Crippen LogP contribution in [0.15, 0.2) is 0 Å². The van der Waals surface area contributed by atoms with Crippen LogP contribution in [0, 0.1) is 0 Å². The van der Waals surface area contributed by atoms with Gasteiger partial charge in [-0.15, -0.1) is 0 Å². The van der Waals surface area contributed by atoms with E-state index in [2.05, 4.69) is 5.32 Å². The van der Waals surface area contributed by atoms with Gasteiger partial charge in [-0.05, 0) is 0 Å². The molecule has 0 aliphatic rings. The van der Waals surface area contributed by atoms with Gasteiger partial charge in [-0.3, -0.25) is 4.79 Å². The van der Waals surface area contributed by atoms with Crippen LogP contribution in [0.5, 0.6) is 0 Å². The van der Waals surface area contributed by atoms with Crippen molar-refractivity contribution in [1.29, 1.82) is 0 Å². The number of nitrogens with one attached hydrogen (secondary N) is 1. The molecule has 3 nitrogen and oxygen atoms in total. The molecule has 0 radical (unpaired) electrons. The van der Waals surface area contributed by atoms with Crippen LogP contribution in [0.4, 0.5) is 0 Å². The third-order valence-electron chi connectivity index (χ3n) is 1.01. The Morgan fingerprint density at radius 2 is 2.33 bits per heavy atom. The van der Waals surface area contributed by atoms with Crippen molar-refractivity contribution in [2.75, 3.05) is 19.7 Å². The summed E-state index contributed by atoms with van der Waals surface area (Å²) < 4.78 is 0. The molecular weight excluding hydrogens is 118 g/mol. The number of ketones is 1. The maximum atomic E-state index is 10.5. The van der Waals surface area contributed by atoms with E-state index < -0.39 is 0 Å². The second-order valence-corrected chi connectivity index (χ2v) is 1.79. The molecule has 0 aliphatic carbocycles. The van der Waals surface area contributed by atoms with Gasteiger partial charge in [0.25, 0.3) is 0 Å². The molecule has 0 aliphatic heterocycles. The fraction of sp³-hybridized carbons (Fsp3) is 0.833. The lowest BCUT2D eigenvalue weighted by Crippen LogP contribution is -2.25. The lowest BCUT2D eigenvalue weighted by atomic mass is 10.3. The van der Waals surface area contributed by atoms with Crippen molar-refractivity contribution in [2.24, 2.45) is 0 Å². The van der Waals surface area contributed by atoms with Crippen LogP contribution in [0.1, 0.15) is 13.3 Å². The Balaban J connectivity index is 2.97. The first-order valence-electron chi connectivity index (χ1n) is 3.14. The van der Waals surface area contributed by atoms with Gasteiger partial charge >= 0.3 is 0 Å². The Morgan fingerprint density at radius 3 is 2.78 bits per heavy atom. The van der Waals surface area contributed by atoms with Crippen molar-refractivity contribution in [3.8, 4) is 0 Å². The zero-order valence-corrected chi connectivity index (χ0v) is 5.68. The Kier molecular flexibility index (Phi) is 5.46. The third kappa shape index (κ3) is 5.46. The van der Waals surface area contributed by atoms with Gasteiger partial charge in [-0.2, -0.15) is 0 Å². The van der Waals surface area contributed by atoms with E-state index in [-0.39, 0.29) is 12.4 Å². The molecule has 3 heteroatoms. The summed E-state index contributed by atoms with van der Waals surface area (Å²) >= 11 is 0. The van der Waals surface area contributed by atoms with Gasteiger partial charge in [0.05, 0.1) is 13.2 Å². The van der Waals surface area contributed by atoms with E-state index in [0.717, 1.165) is 0 Å². The quantitative estimate of drug-likeness (QED) is 0.497. The molecule has 0 aromatic heterocycles. The van der Waals surface area contributed by atoms with Crippen molar-refractivity contribution >= 4 is 5.78 Å². The molecule has 0 bridgehead atoms. The van der Waals surface area contributed by atoms with Gasteiger partial charge < -0.3 is 10.4 Å². The van der Waals surface area contributed by atoms with Gasteiger partial charge in [0.2, 0.25) is 0 Å². The van der Waals surface area contributed by atoms with E-state index in [4.69, 9.17) is 5.11 Å². The first-order chi connectivity index (χ1) is 4.31. The first-order valence-corrected chi connectivity index (χ1v) is 3.14. The number of aliphatic hydroxyl groups is 1. The zero-order valence-electron chi connectivity index (χ0n) is 5.68. The summed E-state index contributed by atoms with van der Waals surface area (Å²) in [6, 6.07) is 0. The molecule has 0 fully saturated rings. The minimum Gasteiger partial charge on any atom is -0.395 e. The minimum absolute atomic E-state index is 0.0942. The summed E-state index contributed by atoms with van der Waals surface area (Å²) in [6.45, 7) is 2.81. The monoisotopic (exact) mass is 131 g/mol. The fourth-order valence-electron chi connectivity index (χ4n) is 0.432. The van der Waals surface area contributed by atoms with E-state index in [9.17, 15) is 4.79 Å². The van der Waals surface area contributed by atoms with Gasteiger partial charge in [0.1, 0.15) is 5.78 Å². The molecule has 9 heavy (non-hydrogen) atoms. The highest BCUT2D eigenvalue weighted by Crippen LogP contribution is 1.75. The molecule has 0 atom stereocenters. The maximum absolute atomic E-state index is 10.5. The highest BCUT2D eigenvalue weighted by Gasteiger charge is 1.93. The third-order valence-corrected chi connectivity index (χ3v) is 1.01. The summed E-state index contributed by atoms with van der Waals surface area (Å²) in [6.07, 6.45) is 0.568. The second kappa shape index (κ2) is 5.72. The van der Waals surface area contributed by atoms with Crippen molar-refractivity contribution in [1.82, 2.24) is 5.32 Å². The summed E-state index contributed by atoms with van der Waals surface area (Å²) in [5, 5.41) is 11.1. The van der Waals surface area contributed by atoms with Crippen molar-refractivity contribution < 1.29 is 9.90 Å². The molecule has 0 spiro atoms. The highest BCUT2D eigenvalue weighted by atomic mass is 16.3. The van der Waals surface area contributed by atoms with Crippen LogP contribution in [-0.2, 0) is 4.79 Å². The number of aliphatic hydroxyl groups excluding tert-OH is 1. The number of hydrogen-bond donors (Lipinski definition) is 2. The van der Waals surface area contributed by atoms with Crippen LogP contribution in [0.25, 0.3) is 0 Å². The first kappa shape index (κ1) is 8.59. The Bertz CT molecular complexity index is 83.1. The SMILES string of the molecule is CCC(=O)CNCCO. The molecule has 2 N–H and O–H groups in total. The van der Waals surface area contributed by atoms with Crippen LogP contribution >= 0.6 is 0 Å². The van der Waals surface area contributed by atoms with E-state index in [1.54, 1.807) is 0 Å². The molecular formula is C6H13NO2. The van der Waals surface area contributed by atoms with E-state index in [1.807, 2.05) is 6.92 Å². The lowest BCUT2D eigenvalue weighted by molar-refractivity contribution is -0.117. The van der Waals surface area contributed by atoms with Crippen LogP contribution in [0.3, 0.4) is 0 Å². The molecule has 0 rings (SSSR count). The molecule has 0 aromatic rings.